The van der Waals surface area contributed by atoms with Gasteiger partial charge in [0.2, 0.25) is 0 Å². The number of ether oxygens (including phenoxy) is 1. The first-order valence-corrected chi connectivity index (χ1v) is 7.14. The van der Waals surface area contributed by atoms with Gasteiger partial charge in [-0.1, -0.05) is 6.07 Å². The molecule has 0 bridgehead atoms. The highest BCUT2D eigenvalue weighted by Gasteiger charge is 2.31. The standard InChI is InChI=1S/C15H19N3O/c1-10-2-5-13-12(8-10)17-15(18(13)11-3-4-11)14-9-16-6-7-19-14/h2,5,8,11,14,16H,3-4,6-7,9H2,1H3. The largest absolute Gasteiger partial charge is 0.368 e. The van der Waals surface area contributed by atoms with E-state index in [9.17, 15) is 0 Å². The van der Waals surface area contributed by atoms with Crippen LogP contribution < -0.4 is 5.32 Å². The Morgan fingerprint density at radius 2 is 2.26 bits per heavy atom. The monoisotopic (exact) mass is 257 g/mol. The summed E-state index contributed by atoms with van der Waals surface area (Å²) >= 11 is 0. The Labute approximate surface area is 112 Å². The summed E-state index contributed by atoms with van der Waals surface area (Å²) in [6, 6.07) is 7.18. The lowest BCUT2D eigenvalue weighted by Gasteiger charge is -2.24. The summed E-state index contributed by atoms with van der Waals surface area (Å²) in [6.07, 6.45) is 2.64. The van der Waals surface area contributed by atoms with E-state index >= 15 is 0 Å². The highest BCUT2D eigenvalue weighted by Crippen LogP contribution is 2.40. The molecule has 1 N–H and O–H groups in total. The van der Waals surface area contributed by atoms with Crippen molar-refractivity contribution in [2.24, 2.45) is 0 Å². The first-order valence-electron chi connectivity index (χ1n) is 7.14. The molecule has 1 unspecified atom stereocenters. The van der Waals surface area contributed by atoms with Crippen molar-refractivity contribution in [1.82, 2.24) is 14.9 Å². The highest BCUT2D eigenvalue weighted by molar-refractivity contribution is 5.77. The van der Waals surface area contributed by atoms with Crippen LogP contribution in [-0.4, -0.2) is 29.2 Å². The van der Waals surface area contributed by atoms with Gasteiger partial charge in [-0.2, -0.15) is 0 Å². The van der Waals surface area contributed by atoms with Crippen molar-refractivity contribution in [3.8, 4) is 0 Å². The van der Waals surface area contributed by atoms with Gasteiger partial charge in [0.25, 0.3) is 0 Å². The van der Waals surface area contributed by atoms with Gasteiger partial charge < -0.3 is 14.6 Å². The van der Waals surface area contributed by atoms with Crippen molar-refractivity contribution in [3.63, 3.8) is 0 Å². The Hall–Kier alpha value is -1.39. The Balaban J connectivity index is 1.85. The first-order chi connectivity index (χ1) is 9.33. The molecule has 2 fully saturated rings. The number of hydrogen-bond acceptors (Lipinski definition) is 3. The molecule has 1 saturated heterocycles. The molecule has 1 aromatic heterocycles. The fourth-order valence-corrected chi connectivity index (χ4v) is 2.90. The van der Waals surface area contributed by atoms with Gasteiger partial charge in [0.15, 0.2) is 0 Å². The van der Waals surface area contributed by atoms with E-state index in [0.717, 1.165) is 31.0 Å². The summed E-state index contributed by atoms with van der Waals surface area (Å²) in [5.41, 5.74) is 3.63. The predicted molar refractivity (Wildman–Crippen MR) is 74.3 cm³/mol. The third kappa shape index (κ3) is 1.95. The van der Waals surface area contributed by atoms with Crippen molar-refractivity contribution >= 4 is 11.0 Å². The normalized spacial score (nSPS) is 23.9. The van der Waals surface area contributed by atoms with Gasteiger partial charge in [-0.05, 0) is 37.5 Å². The lowest BCUT2D eigenvalue weighted by atomic mass is 10.2. The summed E-state index contributed by atoms with van der Waals surface area (Å²) in [6.45, 7) is 4.71. The molecule has 4 heteroatoms. The van der Waals surface area contributed by atoms with Gasteiger partial charge in [-0.15, -0.1) is 0 Å². The van der Waals surface area contributed by atoms with Gasteiger partial charge in [0.1, 0.15) is 11.9 Å². The molecule has 1 aromatic carbocycles. The maximum atomic E-state index is 5.90. The first kappa shape index (κ1) is 11.4. The molecular formula is C15H19N3O. The van der Waals surface area contributed by atoms with Crippen LogP contribution in [0.2, 0.25) is 0 Å². The van der Waals surface area contributed by atoms with Gasteiger partial charge in [0.05, 0.1) is 17.6 Å². The molecule has 100 valence electrons. The zero-order valence-electron chi connectivity index (χ0n) is 11.2. The van der Waals surface area contributed by atoms with Crippen molar-refractivity contribution < 1.29 is 4.74 Å². The number of aromatic nitrogens is 2. The van der Waals surface area contributed by atoms with E-state index in [4.69, 9.17) is 9.72 Å². The topological polar surface area (TPSA) is 39.1 Å². The number of rotatable bonds is 2. The minimum absolute atomic E-state index is 0.0991. The predicted octanol–water partition coefficient (Wildman–Crippen LogP) is 2.34. The third-order valence-electron chi connectivity index (χ3n) is 4.00. The minimum atomic E-state index is 0.0991. The Morgan fingerprint density at radius 3 is 3.00 bits per heavy atom. The molecule has 1 saturated carbocycles. The molecule has 1 atom stereocenters. The van der Waals surface area contributed by atoms with Crippen LogP contribution in [0.25, 0.3) is 11.0 Å². The molecule has 1 aliphatic heterocycles. The summed E-state index contributed by atoms with van der Waals surface area (Å²) in [5.74, 6) is 1.11. The molecule has 0 radical (unpaired) electrons. The van der Waals surface area contributed by atoms with E-state index < -0.39 is 0 Å². The molecule has 0 spiro atoms. The van der Waals surface area contributed by atoms with E-state index in [2.05, 4.69) is 35.0 Å². The number of morpholine rings is 1. The van der Waals surface area contributed by atoms with Gasteiger partial charge in [-0.25, -0.2) is 4.98 Å². The fraction of sp³-hybridized carbons (Fsp3) is 0.533. The zero-order chi connectivity index (χ0) is 12.8. The van der Waals surface area contributed by atoms with Crippen LogP contribution in [0.1, 0.15) is 36.4 Å². The number of benzene rings is 1. The van der Waals surface area contributed by atoms with Crippen molar-refractivity contribution in [2.45, 2.75) is 31.9 Å². The number of fused-ring (bicyclic) bond motifs is 1. The SMILES string of the molecule is Cc1ccc2c(c1)nc(C1CNCCO1)n2C1CC1. The van der Waals surface area contributed by atoms with E-state index in [1.807, 2.05) is 0 Å². The van der Waals surface area contributed by atoms with Gasteiger partial charge >= 0.3 is 0 Å². The summed E-state index contributed by atoms with van der Waals surface area (Å²) < 4.78 is 8.31. The van der Waals surface area contributed by atoms with Crippen LogP contribution >= 0.6 is 0 Å². The highest BCUT2D eigenvalue weighted by atomic mass is 16.5. The van der Waals surface area contributed by atoms with Crippen molar-refractivity contribution in [2.75, 3.05) is 19.7 Å². The van der Waals surface area contributed by atoms with E-state index in [1.165, 1.54) is 23.9 Å². The number of nitrogens with zero attached hydrogens (tertiary/aromatic N) is 2. The molecule has 4 nitrogen and oxygen atoms in total. The Bertz CT molecular complexity index is 609. The second-order valence-corrected chi connectivity index (χ2v) is 5.63. The van der Waals surface area contributed by atoms with Crippen LogP contribution in [0.5, 0.6) is 0 Å². The quantitative estimate of drug-likeness (QED) is 0.897. The van der Waals surface area contributed by atoms with Crippen molar-refractivity contribution in [3.05, 3.63) is 29.6 Å². The Morgan fingerprint density at radius 1 is 1.37 bits per heavy atom. The van der Waals surface area contributed by atoms with Crippen LogP contribution in [-0.2, 0) is 4.74 Å². The molecule has 0 amide bonds. The lowest BCUT2D eigenvalue weighted by Crippen LogP contribution is -2.34. The van der Waals surface area contributed by atoms with Crippen LogP contribution in [0.4, 0.5) is 0 Å². The number of imidazole rings is 1. The molecule has 2 heterocycles. The molecule has 19 heavy (non-hydrogen) atoms. The zero-order valence-corrected chi connectivity index (χ0v) is 11.2. The van der Waals surface area contributed by atoms with Crippen LogP contribution in [0.15, 0.2) is 18.2 Å². The fourth-order valence-electron chi connectivity index (χ4n) is 2.90. The average Bonchev–Trinajstić information content (AvgIpc) is 3.20. The summed E-state index contributed by atoms with van der Waals surface area (Å²) in [4.78, 5) is 4.86. The number of hydrogen-bond donors (Lipinski definition) is 1. The number of aryl methyl sites for hydroxylation is 1. The third-order valence-corrected chi connectivity index (χ3v) is 4.00. The van der Waals surface area contributed by atoms with Crippen LogP contribution in [0, 0.1) is 6.92 Å². The van der Waals surface area contributed by atoms with Gasteiger partial charge in [0, 0.05) is 19.1 Å². The van der Waals surface area contributed by atoms with Crippen molar-refractivity contribution in [1.29, 1.82) is 0 Å². The number of nitrogens with one attached hydrogen (secondary N) is 1. The van der Waals surface area contributed by atoms with E-state index in [1.54, 1.807) is 0 Å². The maximum absolute atomic E-state index is 5.90. The molecule has 2 aliphatic rings. The average molecular weight is 257 g/mol. The smallest absolute Gasteiger partial charge is 0.140 e. The summed E-state index contributed by atoms with van der Waals surface area (Å²) in [7, 11) is 0. The minimum Gasteiger partial charge on any atom is -0.368 e. The Kier molecular flexibility index (Phi) is 2.60. The maximum Gasteiger partial charge on any atom is 0.140 e. The summed E-state index contributed by atoms with van der Waals surface area (Å²) in [5, 5.41) is 3.40. The second-order valence-electron chi connectivity index (χ2n) is 5.63. The molecule has 2 aromatic rings. The molecular weight excluding hydrogens is 238 g/mol. The van der Waals surface area contributed by atoms with Crippen LogP contribution in [0.3, 0.4) is 0 Å². The van der Waals surface area contributed by atoms with E-state index in [0.29, 0.717) is 6.04 Å². The van der Waals surface area contributed by atoms with Gasteiger partial charge in [-0.3, -0.25) is 0 Å². The molecule has 4 rings (SSSR count). The van der Waals surface area contributed by atoms with E-state index in [-0.39, 0.29) is 6.10 Å². The second kappa shape index (κ2) is 4.32. The lowest BCUT2D eigenvalue weighted by molar-refractivity contribution is 0.0202. The molecule has 1 aliphatic carbocycles.